The quantitative estimate of drug-likeness (QED) is 0.760. The third-order valence-corrected chi connectivity index (χ3v) is 5.43. The Hall–Kier alpha value is -3.49. The molecule has 1 spiro atoms. The molecule has 1 aromatic heterocycles. The number of aromatic nitrogens is 1. The molecule has 2 aliphatic rings. The minimum Gasteiger partial charge on any atom is -0.486 e. The molecule has 3 heterocycles. The second-order valence-corrected chi connectivity index (χ2v) is 7.36. The van der Waals surface area contributed by atoms with E-state index in [2.05, 4.69) is 15.0 Å². The summed E-state index contributed by atoms with van der Waals surface area (Å²) in [7, 11) is 1.27. The van der Waals surface area contributed by atoms with Gasteiger partial charge in [-0.25, -0.2) is 19.0 Å². The molecule has 156 valence electrons. The third-order valence-electron chi connectivity index (χ3n) is 5.43. The van der Waals surface area contributed by atoms with Crippen LogP contribution < -0.4 is 10.1 Å². The lowest BCUT2D eigenvalue weighted by atomic mass is 9.82. The van der Waals surface area contributed by atoms with E-state index < -0.39 is 17.4 Å². The number of nitrogens with zero attached hydrogens (tertiary/aromatic N) is 2. The fourth-order valence-corrected chi connectivity index (χ4v) is 3.80. The van der Waals surface area contributed by atoms with Crippen molar-refractivity contribution >= 4 is 23.6 Å². The molecule has 2 aliphatic heterocycles. The van der Waals surface area contributed by atoms with Gasteiger partial charge in [-0.05, 0) is 24.3 Å². The number of hydrogen-bond acceptors (Lipinski definition) is 6. The highest BCUT2D eigenvalue weighted by atomic mass is 19.1. The van der Waals surface area contributed by atoms with Crippen molar-refractivity contribution in [2.45, 2.75) is 24.9 Å². The number of likely N-dealkylation sites (tertiary alicyclic amines) is 1. The maximum Gasteiger partial charge on any atom is 0.338 e. The number of piperidine rings is 1. The van der Waals surface area contributed by atoms with Crippen molar-refractivity contribution in [2.24, 2.45) is 0 Å². The summed E-state index contributed by atoms with van der Waals surface area (Å²) in [5.74, 6) is -0.580. The smallest absolute Gasteiger partial charge is 0.338 e. The number of halogens is 1. The standard InChI is InChI=1S/C21H20FN3O5/c1-29-19(27)13-4-7-23-18(10-13)24-20(28)25-8-5-21(6-9-25)12-16(26)15-3-2-14(22)11-17(15)30-21/h2-4,7,10-11H,5-6,8-9,12H2,1H3,(H,23,24,28). The van der Waals surface area contributed by atoms with E-state index in [4.69, 9.17) is 4.74 Å². The van der Waals surface area contributed by atoms with E-state index in [1.54, 1.807) is 4.90 Å². The van der Waals surface area contributed by atoms with Crippen molar-refractivity contribution < 1.29 is 28.2 Å². The fraction of sp³-hybridized carbons (Fsp3) is 0.333. The highest BCUT2D eigenvalue weighted by Crippen LogP contribution is 2.39. The molecule has 30 heavy (non-hydrogen) atoms. The summed E-state index contributed by atoms with van der Waals surface area (Å²) in [4.78, 5) is 42.4. The molecule has 0 unspecified atom stereocenters. The molecule has 1 N–H and O–H groups in total. The lowest BCUT2D eigenvalue weighted by Crippen LogP contribution is -2.53. The highest BCUT2D eigenvalue weighted by Gasteiger charge is 2.43. The van der Waals surface area contributed by atoms with Crippen molar-refractivity contribution in [3.63, 3.8) is 0 Å². The van der Waals surface area contributed by atoms with Gasteiger partial charge in [-0.2, -0.15) is 0 Å². The predicted molar refractivity (Wildman–Crippen MR) is 104 cm³/mol. The van der Waals surface area contributed by atoms with Gasteiger partial charge in [-0.15, -0.1) is 0 Å². The van der Waals surface area contributed by atoms with Gasteiger partial charge in [-0.1, -0.05) is 0 Å². The number of rotatable bonds is 2. The van der Waals surface area contributed by atoms with Crippen molar-refractivity contribution in [3.8, 4) is 5.75 Å². The Kier molecular flexibility index (Phi) is 5.11. The largest absolute Gasteiger partial charge is 0.486 e. The van der Waals surface area contributed by atoms with Gasteiger partial charge in [0.2, 0.25) is 0 Å². The van der Waals surface area contributed by atoms with Crippen LogP contribution in [0.5, 0.6) is 5.75 Å². The number of carbonyl (C=O) groups is 3. The summed E-state index contributed by atoms with van der Waals surface area (Å²) in [6.07, 6.45) is 2.49. The Bertz CT molecular complexity index is 1020. The van der Waals surface area contributed by atoms with E-state index in [0.29, 0.717) is 31.5 Å². The first-order valence-electron chi connectivity index (χ1n) is 9.51. The molecule has 2 aromatic rings. The van der Waals surface area contributed by atoms with Crippen molar-refractivity contribution in [1.82, 2.24) is 9.88 Å². The van der Waals surface area contributed by atoms with E-state index >= 15 is 0 Å². The Morgan fingerprint density at radius 3 is 2.73 bits per heavy atom. The minimum atomic E-state index is -0.738. The summed E-state index contributed by atoms with van der Waals surface area (Å²) in [6, 6.07) is 6.47. The first-order chi connectivity index (χ1) is 14.4. The van der Waals surface area contributed by atoms with Crippen LogP contribution in [0.15, 0.2) is 36.5 Å². The van der Waals surface area contributed by atoms with Crippen molar-refractivity contribution in [3.05, 3.63) is 53.5 Å². The van der Waals surface area contributed by atoms with E-state index in [1.165, 1.54) is 43.6 Å². The molecule has 0 saturated carbocycles. The zero-order valence-corrected chi connectivity index (χ0v) is 16.3. The van der Waals surface area contributed by atoms with E-state index in [-0.39, 0.29) is 35.4 Å². The lowest BCUT2D eigenvalue weighted by molar-refractivity contribution is 0.000163. The highest BCUT2D eigenvalue weighted by molar-refractivity contribution is 6.00. The number of amides is 2. The summed E-state index contributed by atoms with van der Waals surface area (Å²) >= 11 is 0. The summed E-state index contributed by atoms with van der Waals surface area (Å²) in [5, 5.41) is 2.66. The molecule has 0 aliphatic carbocycles. The van der Waals surface area contributed by atoms with Gasteiger partial charge in [0.25, 0.3) is 0 Å². The van der Waals surface area contributed by atoms with Crippen LogP contribution in [-0.2, 0) is 4.74 Å². The zero-order valence-electron chi connectivity index (χ0n) is 16.3. The van der Waals surface area contributed by atoms with Crippen LogP contribution in [-0.4, -0.2) is 53.5 Å². The monoisotopic (exact) mass is 413 g/mol. The topological polar surface area (TPSA) is 97.8 Å². The van der Waals surface area contributed by atoms with E-state index in [0.717, 1.165) is 0 Å². The second kappa shape index (κ2) is 7.74. The molecule has 0 radical (unpaired) electrons. The number of ether oxygens (including phenoxy) is 2. The van der Waals surface area contributed by atoms with Crippen molar-refractivity contribution in [1.29, 1.82) is 0 Å². The maximum absolute atomic E-state index is 13.6. The molecule has 2 amide bonds. The normalized spacial score (nSPS) is 17.1. The number of urea groups is 1. The molecule has 9 heteroatoms. The third kappa shape index (κ3) is 3.83. The summed E-state index contributed by atoms with van der Waals surface area (Å²) in [5.41, 5.74) is -0.0725. The number of fused-ring (bicyclic) bond motifs is 1. The molecular formula is C21H20FN3O5. The Morgan fingerprint density at radius 1 is 1.23 bits per heavy atom. The lowest BCUT2D eigenvalue weighted by Gasteiger charge is -2.43. The molecule has 1 aromatic carbocycles. The van der Waals surface area contributed by atoms with Crippen LogP contribution in [0.25, 0.3) is 0 Å². The number of pyridine rings is 1. The molecule has 0 atom stereocenters. The van der Waals surface area contributed by atoms with Crippen LogP contribution in [0.4, 0.5) is 15.0 Å². The van der Waals surface area contributed by atoms with Crippen LogP contribution in [0, 0.1) is 5.82 Å². The molecule has 0 bridgehead atoms. The first-order valence-corrected chi connectivity index (χ1v) is 9.51. The number of hydrogen-bond donors (Lipinski definition) is 1. The first kappa shape index (κ1) is 19.8. The molecule has 1 saturated heterocycles. The van der Waals surface area contributed by atoms with Gasteiger partial charge in [-0.3, -0.25) is 10.1 Å². The number of anilines is 1. The number of esters is 1. The Morgan fingerprint density at radius 2 is 2.00 bits per heavy atom. The number of Topliss-reactive ketones (excluding diaryl/α,β-unsaturated/α-hetero) is 1. The Balaban J connectivity index is 1.41. The summed E-state index contributed by atoms with van der Waals surface area (Å²) in [6.45, 7) is 0.723. The van der Waals surface area contributed by atoms with Gasteiger partial charge in [0.15, 0.2) is 5.78 Å². The number of carbonyl (C=O) groups excluding carboxylic acids is 3. The second-order valence-electron chi connectivity index (χ2n) is 7.36. The number of ketones is 1. The van der Waals surface area contributed by atoms with Gasteiger partial charge >= 0.3 is 12.0 Å². The van der Waals surface area contributed by atoms with Crippen LogP contribution in [0.3, 0.4) is 0 Å². The van der Waals surface area contributed by atoms with Crippen LogP contribution >= 0.6 is 0 Å². The van der Waals surface area contributed by atoms with E-state index in [9.17, 15) is 18.8 Å². The van der Waals surface area contributed by atoms with E-state index in [1.807, 2.05) is 0 Å². The van der Waals surface area contributed by atoms with Gasteiger partial charge < -0.3 is 14.4 Å². The molecule has 4 rings (SSSR count). The van der Waals surface area contributed by atoms with Gasteiger partial charge in [0.05, 0.1) is 24.7 Å². The van der Waals surface area contributed by atoms with Gasteiger partial charge in [0, 0.05) is 38.2 Å². The zero-order chi connectivity index (χ0) is 21.3. The predicted octanol–water partition coefficient (Wildman–Crippen LogP) is 3.04. The van der Waals surface area contributed by atoms with Crippen LogP contribution in [0.2, 0.25) is 0 Å². The number of methoxy groups -OCH3 is 1. The molecular weight excluding hydrogens is 393 g/mol. The number of nitrogens with one attached hydrogen (secondary N) is 1. The van der Waals surface area contributed by atoms with Crippen molar-refractivity contribution in [2.75, 3.05) is 25.5 Å². The molecule has 1 fully saturated rings. The summed E-state index contributed by atoms with van der Waals surface area (Å²) < 4.78 is 24.3. The maximum atomic E-state index is 13.6. The number of benzene rings is 1. The SMILES string of the molecule is COC(=O)c1ccnc(NC(=O)N2CCC3(CC2)CC(=O)c2ccc(F)cc2O3)c1. The average molecular weight is 413 g/mol. The Labute approximate surface area is 172 Å². The van der Waals surface area contributed by atoms with Gasteiger partial charge in [0.1, 0.15) is 23.0 Å². The average Bonchev–Trinajstić information content (AvgIpc) is 2.73. The fourth-order valence-electron chi connectivity index (χ4n) is 3.80. The molecule has 8 nitrogen and oxygen atoms in total. The minimum absolute atomic E-state index is 0.0852. The van der Waals surface area contributed by atoms with Crippen LogP contribution in [0.1, 0.15) is 40.0 Å².